The number of unbranched alkanes of at least 4 members (excludes halogenated alkanes) is 6. The molecule has 2 nitrogen and oxygen atoms in total. The molecule has 0 fully saturated rings. The second kappa shape index (κ2) is 19.9. The van der Waals surface area contributed by atoms with Crippen LogP contribution in [0.4, 0.5) is 0 Å². The summed E-state index contributed by atoms with van der Waals surface area (Å²) >= 11 is -1.36. The third kappa shape index (κ3) is 9.49. The molecule has 5 heteroatoms. The van der Waals surface area contributed by atoms with Gasteiger partial charge >= 0.3 is 316 Å². The van der Waals surface area contributed by atoms with Crippen LogP contribution in [0, 0.1) is 13.8 Å². The van der Waals surface area contributed by atoms with Crippen LogP contribution < -0.4 is 24.8 Å². The number of hydrogen-bond acceptors (Lipinski definition) is 2. The molecule has 0 N–H and O–H groups in total. The van der Waals surface area contributed by atoms with E-state index < -0.39 is 23.2 Å². The Hall–Kier alpha value is -3.62. The van der Waals surface area contributed by atoms with Crippen LogP contribution in [0.25, 0.3) is 34.4 Å². The molecule has 0 aliphatic heterocycles. The van der Waals surface area contributed by atoms with Crippen LogP contribution in [0.3, 0.4) is 0 Å². The number of fused-ring (bicyclic) bond motifs is 2. The van der Waals surface area contributed by atoms with E-state index in [-0.39, 0.29) is 36.6 Å². The minimum Gasteiger partial charge on any atom is -1.00 e. The second-order valence-electron chi connectivity index (χ2n) is 15.7. The molecule has 4 aromatic carbocycles. The van der Waals surface area contributed by atoms with E-state index in [1.54, 1.807) is 0 Å². The SMILES string of the molecule is CCCCCCc1ccc(-c2cccc3c2C=[C]([Zr+2][C]2=Cc4c(-c5ccc(CCCCCC)cc5)cccc4C2c2ccc(C)o2)C3c2ccc(C)o2)cc1.[Cl-].[Cl-]. The van der Waals surface area contributed by atoms with E-state index in [0.29, 0.717) is 0 Å². The number of aryl methyl sites for hydroxylation is 4. The first-order chi connectivity index (χ1) is 27.0. The predicted molar refractivity (Wildman–Crippen MR) is 226 cm³/mol. The quantitative estimate of drug-likeness (QED) is 0.0910. The molecule has 6 aromatic rings. The third-order valence-electron chi connectivity index (χ3n) is 11.7. The average Bonchev–Trinajstić information content (AvgIpc) is 4.00. The maximum atomic E-state index is 6.48. The zero-order chi connectivity index (χ0) is 37.7. The number of furan rings is 2. The summed E-state index contributed by atoms with van der Waals surface area (Å²) in [5.41, 5.74) is 13.5. The molecule has 57 heavy (non-hydrogen) atoms. The van der Waals surface area contributed by atoms with Crippen molar-refractivity contribution in [2.45, 2.75) is 104 Å². The Morgan fingerprint density at radius 2 is 0.895 bits per heavy atom. The van der Waals surface area contributed by atoms with Gasteiger partial charge in [-0.2, -0.15) is 0 Å². The zero-order valence-electron chi connectivity index (χ0n) is 33.8. The number of rotatable bonds is 16. The number of benzene rings is 4. The fourth-order valence-electron chi connectivity index (χ4n) is 8.74. The van der Waals surface area contributed by atoms with E-state index >= 15 is 0 Å². The van der Waals surface area contributed by atoms with Crippen LogP contribution in [-0.2, 0) is 36.1 Å². The first kappa shape index (κ1) is 43.0. The molecule has 2 aliphatic carbocycles. The Labute approximate surface area is 364 Å². The van der Waals surface area contributed by atoms with Gasteiger partial charge in [0.05, 0.1) is 0 Å². The van der Waals surface area contributed by atoms with Gasteiger partial charge in [0.25, 0.3) is 0 Å². The Balaban J connectivity index is 0.00000275. The minimum atomic E-state index is -1.36. The molecule has 2 aromatic heterocycles. The van der Waals surface area contributed by atoms with Crippen molar-refractivity contribution in [2.24, 2.45) is 0 Å². The second-order valence-corrected chi connectivity index (χ2v) is 19.2. The van der Waals surface area contributed by atoms with Crippen molar-refractivity contribution in [3.05, 3.63) is 172 Å². The molecule has 0 bridgehead atoms. The molecule has 0 spiro atoms. The maximum absolute atomic E-state index is 6.48. The van der Waals surface area contributed by atoms with Gasteiger partial charge in [0.15, 0.2) is 0 Å². The van der Waals surface area contributed by atoms with E-state index in [4.69, 9.17) is 8.83 Å². The van der Waals surface area contributed by atoms with Crippen LogP contribution in [0.5, 0.6) is 0 Å². The van der Waals surface area contributed by atoms with E-state index in [9.17, 15) is 0 Å². The molecule has 2 unspecified atom stereocenters. The van der Waals surface area contributed by atoms with Crippen molar-refractivity contribution in [1.29, 1.82) is 0 Å². The molecule has 8 rings (SSSR count). The third-order valence-corrected chi connectivity index (χ3v) is 15.2. The van der Waals surface area contributed by atoms with Gasteiger partial charge in [-0.25, -0.2) is 0 Å². The fourth-order valence-corrected chi connectivity index (χ4v) is 12.8. The maximum Gasteiger partial charge on any atom is -1.00 e. The molecule has 0 saturated heterocycles. The molecular formula is C52H54Cl2O2Zr. The van der Waals surface area contributed by atoms with Crippen LogP contribution in [0.15, 0.2) is 125 Å². The van der Waals surface area contributed by atoms with Gasteiger partial charge in [0.2, 0.25) is 0 Å². The predicted octanol–water partition coefficient (Wildman–Crippen LogP) is 8.83. The van der Waals surface area contributed by atoms with Crippen molar-refractivity contribution >= 4 is 12.2 Å². The fraction of sp³-hybridized carbons (Fsp3) is 0.308. The van der Waals surface area contributed by atoms with Gasteiger partial charge < -0.3 is 24.8 Å². The number of allylic oxidation sites excluding steroid dienone is 2. The first-order valence-corrected chi connectivity index (χ1v) is 23.2. The smallest absolute Gasteiger partial charge is 1.00 e. The van der Waals surface area contributed by atoms with Crippen molar-refractivity contribution in [1.82, 2.24) is 0 Å². The van der Waals surface area contributed by atoms with Gasteiger partial charge in [-0.3, -0.25) is 0 Å². The van der Waals surface area contributed by atoms with E-state index in [2.05, 4.69) is 149 Å². The summed E-state index contributed by atoms with van der Waals surface area (Å²) < 4.78 is 16.0. The van der Waals surface area contributed by atoms with Crippen LogP contribution in [-0.4, -0.2) is 0 Å². The summed E-state index contributed by atoms with van der Waals surface area (Å²) in [5, 5.41) is 0. The number of hydrogen-bond donors (Lipinski definition) is 0. The van der Waals surface area contributed by atoms with Gasteiger partial charge in [-0.05, 0) is 0 Å². The average molecular weight is 873 g/mol. The summed E-state index contributed by atoms with van der Waals surface area (Å²) in [7, 11) is 0. The van der Waals surface area contributed by atoms with Crippen molar-refractivity contribution in [3.8, 4) is 22.3 Å². The standard InChI is InChI=1S/2C26H27O.2ClH.Zr/c2*1-3-4-5-6-8-20-12-14-21(15-13-20)22-9-7-10-23-24(22)16-17-25(23)26-18-11-19(2)27-26;;;/h2*7,9-16,18,25H,3-6,8H2,1-2H3;2*1H;/q;;;;+2/p-2. The summed E-state index contributed by atoms with van der Waals surface area (Å²) in [6.45, 7) is 8.69. The molecule has 0 amide bonds. The van der Waals surface area contributed by atoms with Crippen molar-refractivity contribution < 1.29 is 56.9 Å². The minimum absolute atomic E-state index is 0. The monoisotopic (exact) mass is 870 g/mol. The van der Waals surface area contributed by atoms with E-state index in [1.807, 2.05) is 0 Å². The molecule has 0 radical (unpaired) electrons. The summed E-state index contributed by atoms with van der Waals surface area (Å²) in [5.74, 6) is 4.29. The van der Waals surface area contributed by atoms with Crippen LogP contribution >= 0.6 is 0 Å². The Kier molecular flexibility index (Phi) is 15.0. The Morgan fingerprint density at radius 1 is 0.474 bits per heavy atom. The van der Waals surface area contributed by atoms with Gasteiger partial charge in [0.1, 0.15) is 0 Å². The molecule has 2 heterocycles. The van der Waals surface area contributed by atoms with E-state index in [0.717, 1.165) is 35.9 Å². The summed E-state index contributed by atoms with van der Waals surface area (Å²) in [6, 6.07) is 41.2. The molecule has 2 atom stereocenters. The molecule has 292 valence electrons. The topological polar surface area (TPSA) is 26.3 Å². The normalized spacial score (nSPS) is 15.2. The molecular weight excluding hydrogens is 819 g/mol. The van der Waals surface area contributed by atoms with Gasteiger partial charge in [-0.15, -0.1) is 0 Å². The zero-order valence-corrected chi connectivity index (χ0v) is 37.8. The van der Waals surface area contributed by atoms with Crippen LogP contribution in [0.1, 0.15) is 133 Å². The Bertz CT molecular complexity index is 2140. The van der Waals surface area contributed by atoms with Crippen LogP contribution in [0.2, 0.25) is 0 Å². The van der Waals surface area contributed by atoms with Crippen molar-refractivity contribution in [2.75, 3.05) is 0 Å². The number of halogens is 2. The molecule has 0 saturated carbocycles. The Morgan fingerprint density at radius 3 is 1.26 bits per heavy atom. The first-order valence-electron chi connectivity index (χ1n) is 20.8. The summed E-state index contributed by atoms with van der Waals surface area (Å²) in [4.78, 5) is 0. The largest absolute Gasteiger partial charge is 1.00 e. The molecule has 2 aliphatic rings. The van der Waals surface area contributed by atoms with Gasteiger partial charge in [-0.1, -0.05) is 26.7 Å². The van der Waals surface area contributed by atoms with Crippen molar-refractivity contribution in [3.63, 3.8) is 0 Å². The van der Waals surface area contributed by atoms with E-state index in [1.165, 1.54) is 114 Å². The summed E-state index contributed by atoms with van der Waals surface area (Å²) in [6.07, 6.45) is 17.8. The van der Waals surface area contributed by atoms with Gasteiger partial charge in [0, 0.05) is 0 Å².